The average molecular weight is 299 g/mol. The zero-order valence-electron chi connectivity index (χ0n) is 15.8. The fourth-order valence-corrected chi connectivity index (χ4v) is 2.96. The summed E-state index contributed by atoms with van der Waals surface area (Å²) in [7, 11) is 6.89. The molecule has 21 heavy (non-hydrogen) atoms. The van der Waals surface area contributed by atoms with Crippen LogP contribution < -0.4 is 0 Å². The highest BCUT2D eigenvalue weighted by Crippen LogP contribution is 2.13. The Morgan fingerprint density at radius 2 is 0.714 bits per heavy atom. The first-order valence-corrected chi connectivity index (χ1v) is 9.86. The van der Waals surface area contributed by atoms with Crippen molar-refractivity contribution in [1.82, 2.24) is 0 Å². The van der Waals surface area contributed by atoms with Crippen molar-refractivity contribution in [3.63, 3.8) is 0 Å². The van der Waals surface area contributed by atoms with E-state index in [0.717, 1.165) is 4.48 Å². The van der Waals surface area contributed by atoms with E-state index in [-0.39, 0.29) is 0 Å². The lowest BCUT2D eigenvalue weighted by atomic mass is 10.0. The van der Waals surface area contributed by atoms with Crippen LogP contribution in [0.15, 0.2) is 0 Å². The molecular formula is C20H44N+. The summed E-state index contributed by atoms with van der Waals surface area (Å²) in [6, 6.07) is 0. The lowest BCUT2D eigenvalue weighted by Crippen LogP contribution is -2.35. The molecule has 0 spiro atoms. The molecule has 0 aromatic carbocycles. The third-order valence-corrected chi connectivity index (χ3v) is 4.43. The second-order valence-corrected chi connectivity index (χ2v) is 7.96. The summed E-state index contributed by atoms with van der Waals surface area (Å²) in [5, 5.41) is 0. The molecule has 0 unspecified atom stereocenters. The maximum atomic E-state index is 2.30. The van der Waals surface area contributed by atoms with Crippen LogP contribution in [0.1, 0.15) is 103 Å². The van der Waals surface area contributed by atoms with Gasteiger partial charge in [0.15, 0.2) is 0 Å². The van der Waals surface area contributed by atoms with Crippen molar-refractivity contribution >= 4 is 0 Å². The molecule has 0 aliphatic heterocycles. The molecule has 0 saturated heterocycles. The van der Waals surface area contributed by atoms with Crippen LogP contribution in [-0.4, -0.2) is 32.2 Å². The molecule has 0 rings (SSSR count). The van der Waals surface area contributed by atoms with Gasteiger partial charge < -0.3 is 4.48 Å². The Morgan fingerprint density at radius 1 is 0.429 bits per heavy atom. The van der Waals surface area contributed by atoms with Crippen LogP contribution >= 0.6 is 0 Å². The van der Waals surface area contributed by atoms with Gasteiger partial charge in [-0.3, -0.25) is 0 Å². The summed E-state index contributed by atoms with van der Waals surface area (Å²) in [4.78, 5) is 0. The molecule has 0 amide bonds. The van der Waals surface area contributed by atoms with E-state index < -0.39 is 0 Å². The molecule has 0 N–H and O–H groups in total. The SMILES string of the molecule is CCCCCCCCCCCCCCCCC[N+](C)(C)C. The number of rotatable bonds is 16. The first-order valence-electron chi connectivity index (χ1n) is 9.86. The Hall–Kier alpha value is -0.0400. The third kappa shape index (κ3) is 20.0. The van der Waals surface area contributed by atoms with Crippen molar-refractivity contribution < 1.29 is 4.48 Å². The van der Waals surface area contributed by atoms with Gasteiger partial charge in [0.05, 0.1) is 27.7 Å². The van der Waals surface area contributed by atoms with Crippen LogP contribution in [0.5, 0.6) is 0 Å². The van der Waals surface area contributed by atoms with E-state index in [9.17, 15) is 0 Å². The molecule has 0 bridgehead atoms. The third-order valence-electron chi connectivity index (χ3n) is 4.43. The largest absolute Gasteiger partial charge is 0.331 e. The van der Waals surface area contributed by atoms with Crippen LogP contribution in [0.25, 0.3) is 0 Å². The van der Waals surface area contributed by atoms with Gasteiger partial charge in [-0.1, -0.05) is 90.4 Å². The maximum absolute atomic E-state index is 2.30. The van der Waals surface area contributed by atoms with Crippen molar-refractivity contribution in [2.24, 2.45) is 0 Å². The molecular weight excluding hydrogens is 254 g/mol. The normalized spacial score (nSPS) is 12.0. The molecule has 0 heterocycles. The van der Waals surface area contributed by atoms with E-state index in [1.54, 1.807) is 0 Å². The Balaban J connectivity index is 3.00. The van der Waals surface area contributed by atoms with E-state index in [4.69, 9.17) is 0 Å². The standard InChI is InChI=1S/C20H44N/c1-5-6-7-8-9-10-11-12-13-14-15-16-17-18-19-20-21(2,3)4/h5-20H2,1-4H3/q+1. The number of quaternary nitrogens is 1. The molecule has 0 aromatic rings. The van der Waals surface area contributed by atoms with Crippen LogP contribution in [0, 0.1) is 0 Å². The number of unbranched alkanes of at least 4 members (excludes halogenated alkanes) is 14. The van der Waals surface area contributed by atoms with Gasteiger partial charge in [0, 0.05) is 0 Å². The van der Waals surface area contributed by atoms with Crippen molar-refractivity contribution in [1.29, 1.82) is 0 Å². The van der Waals surface area contributed by atoms with Gasteiger partial charge in [0.1, 0.15) is 0 Å². The zero-order chi connectivity index (χ0) is 15.8. The molecule has 0 saturated carbocycles. The van der Waals surface area contributed by atoms with Gasteiger partial charge in [-0.2, -0.15) is 0 Å². The maximum Gasteiger partial charge on any atom is 0.0780 e. The van der Waals surface area contributed by atoms with E-state index in [2.05, 4.69) is 28.1 Å². The quantitative estimate of drug-likeness (QED) is 0.223. The summed E-state index contributed by atoms with van der Waals surface area (Å²) < 4.78 is 1.12. The smallest absolute Gasteiger partial charge is 0.0780 e. The summed E-state index contributed by atoms with van der Waals surface area (Å²) in [5.41, 5.74) is 0. The van der Waals surface area contributed by atoms with Crippen LogP contribution in [0.2, 0.25) is 0 Å². The monoisotopic (exact) mass is 298 g/mol. The van der Waals surface area contributed by atoms with E-state index >= 15 is 0 Å². The molecule has 0 radical (unpaired) electrons. The highest BCUT2D eigenvalue weighted by molar-refractivity contribution is 4.49. The van der Waals surface area contributed by atoms with Crippen molar-refractivity contribution in [3.8, 4) is 0 Å². The van der Waals surface area contributed by atoms with Gasteiger partial charge in [-0.15, -0.1) is 0 Å². The van der Waals surface area contributed by atoms with Crippen molar-refractivity contribution in [2.45, 2.75) is 103 Å². The van der Waals surface area contributed by atoms with Crippen LogP contribution in [-0.2, 0) is 0 Å². The van der Waals surface area contributed by atoms with E-state index in [1.165, 1.54) is 103 Å². The lowest BCUT2D eigenvalue weighted by Gasteiger charge is -2.23. The molecule has 0 aliphatic rings. The Bertz CT molecular complexity index is 193. The molecule has 1 nitrogen and oxygen atoms in total. The fourth-order valence-electron chi connectivity index (χ4n) is 2.96. The second-order valence-electron chi connectivity index (χ2n) is 7.96. The Morgan fingerprint density at radius 3 is 1.00 bits per heavy atom. The molecule has 0 aromatic heterocycles. The topological polar surface area (TPSA) is 0 Å². The van der Waals surface area contributed by atoms with Gasteiger partial charge >= 0.3 is 0 Å². The van der Waals surface area contributed by atoms with Gasteiger partial charge in [-0.05, 0) is 12.8 Å². The first-order chi connectivity index (χ1) is 10.1. The summed E-state index contributed by atoms with van der Waals surface area (Å²) in [6.07, 6.45) is 21.9. The van der Waals surface area contributed by atoms with Gasteiger partial charge in [0.2, 0.25) is 0 Å². The van der Waals surface area contributed by atoms with Crippen molar-refractivity contribution in [2.75, 3.05) is 27.7 Å². The minimum atomic E-state index is 1.12. The molecule has 0 atom stereocenters. The summed E-state index contributed by atoms with van der Waals surface area (Å²) in [6.45, 7) is 3.63. The Kier molecular flexibility index (Phi) is 14.9. The zero-order valence-corrected chi connectivity index (χ0v) is 15.8. The number of nitrogens with zero attached hydrogens (tertiary/aromatic N) is 1. The van der Waals surface area contributed by atoms with Crippen LogP contribution in [0.3, 0.4) is 0 Å². The Labute approximate surface area is 136 Å². The molecule has 0 fully saturated rings. The highest BCUT2D eigenvalue weighted by Gasteiger charge is 2.04. The van der Waals surface area contributed by atoms with E-state index in [0.29, 0.717) is 0 Å². The fraction of sp³-hybridized carbons (Fsp3) is 1.00. The van der Waals surface area contributed by atoms with Crippen molar-refractivity contribution in [3.05, 3.63) is 0 Å². The number of hydrogen-bond acceptors (Lipinski definition) is 0. The minimum Gasteiger partial charge on any atom is -0.331 e. The molecule has 1 heteroatoms. The van der Waals surface area contributed by atoms with Crippen LogP contribution in [0.4, 0.5) is 0 Å². The summed E-state index contributed by atoms with van der Waals surface area (Å²) >= 11 is 0. The molecule has 128 valence electrons. The minimum absolute atomic E-state index is 1.12. The lowest BCUT2D eigenvalue weighted by molar-refractivity contribution is -0.870. The van der Waals surface area contributed by atoms with E-state index in [1.807, 2.05) is 0 Å². The predicted octanol–water partition coefficient (Wildman–Crippen LogP) is 6.56. The number of hydrogen-bond donors (Lipinski definition) is 0. The van der Waals surface area contributed by atoms with Gasteiger partial charge in [-0.25, -0.2) is 0 Å². The average Bonchev–Trinajstić information content (AvgIpc) is 2.42. The molecule has 0 aliphatic carbocycles. The predicted molar refractivity (Wildman–Crippen MR) is 97.8 cm³/mol. The highest BCUT2D eigenvalue weighted by atomic mass is 15.3. The second kappa shape index (κ2) is 14.9. The summed E-state index contributed by atoms with van der Waals surface area (Å²) in [5.74, 6) is 0. The van der Waals surface area contributed by atoms with Gasteiger partial charge in [0.25, 0.3) is 0 Å². The first kappa shape index (κ1) is 21.0.